The molecular weight excluding hydrogens is 216 g/mol. The van der Waals surface area contributed by atoms with Crippen molar-refractivity contribution in [2.45, 2.75) is 19.8 Å². The van der Waals surface area contributed by atoms with Crippen LogP contribution in [-0.4, -0.2) is 36.7 Å². The molecule has 1 aliphatic heterocycles. The number of nitrogens with zero attached hydrogens (tertiary/aromatic N) is 2. The average Bonchev–Trinajstić information content (AvgIpc) is 2.38. The van der Waals surface area contributed by atoms with Crippen LogP contribution in [0.5, 0.6) is 5.88 Å². The van der Waals surface area contributed by atoms with Crippen molar-refractivity contribution in [3.63, 3.8) is 0 Å². The zero-order valence-corrected chi connectivity index (χ0v) is 10.5. The van der Waals surface area contributed by atoms with Crippen molar-refractivity contribution < 1.29 is 4.74 Å². The van der Waals surface area contributed by atoms with Crippen LogP contribution in [-0.2, 0) is 0 Å². The second-order valence-electron chi connectivity index (χ2n) is 4.86. The Balaban J connectivity index is 1.92. The van der Waals surface area contributed by atoms with Crippen molar-refractivity contribution in [1.29, 1.82) is 0 Å². The number of hydrogen-bond donors (Lipinski definition) is 2. The molecule has 0 unspecified atom stereocenters. The predicted molar refractivity (Wildman–Crippen MR) is 67.3 cm³/mol. The zero-order valence-electron chi connectivity index (χ0n) is 10.5. The van der Waals surface area contributed by atoms with Gasteiger partial charge in [-0.25, -0.2) is 9.97 Å². The molecule has 5 nitrogen and oxygen atoms in total. The minimum atomic E-state index is 0.351. The lowest BCUT2D eigenvalue weighted by Gasteiger charge is -2.34. The summed E-state index contributed by atoms with van der Waals surface area (Å²) in [4.78, 5) is 8.17. The molecule has 5 heteroatoms. The first kappa shape index (κ1) is 12.1. The van der Waals surface area contributed by atoms with E-state index in [0.717, 1.165) is 25.5 Å². The van der Waals surface area contributed by atoms with Crippen molar-refractivity contribution in [1.82, 2.24) is 15.3 Å². The molecule has 0 spiro atoms. The van der Waals surface area contributed by atoms with Crippen LogP contribution in [0, 0.1) is 5.41 Å². The van der Waals surface area contributed by atoms with Crippen LogP contribution in [0.15, 0.2) is 12.4 Å². The molecule has 1 aromatic heterocycles. The van der Waals surface area contributed by atoms with Gasteiger partial charge in [0.25, 0.3) is 0 Å². The van der Waals surface area contributed by atoms with Crippen molar-refractivity contribution in [3.8, 4) is 5.88 Å². The summed E-state index contributed by atoms with van der Waals surface area (Å²) in [7, 11) is 1.61. The van der Waals surface area contributed by atoms with Crippen LogP contribution in [0.25, 0.3) is 0 Å². The summed E-state index contributed by atoms with van der Waals surface area (Å²) in [5.41, 5.74) is 0.351. The fourth-order valence-electron chi connectivity index (χ4n) is 2.06. The van der Waals surface area contributed by atoms with E-state index >= 15 is 0 Å². The SMILES string of the molecule is COc1cc(NCC2(C)CCNCC2)ncn1. The normalized spacial score (nSPS) is 18.7. The van der Waals surface area contributed by atoms with Crippen LogP contribution in [0.3, 0.4) is 0 Å². The van der Waals surface area contributed by atoms with Gasteiger partial charge in [0.15, 0.2) is 0 Å². The molecule has 17 heavy (non-hydrogen) atoms. The Bertz CT molecular complexity index is 363. The molecule has 1 fully saturated rings. The molecule has 0 aliphatic carbocycles. The third-order valence-electron chi connectivity index (χ3n) is 3.36. The van der Waals surface area contributed by atoms with Crippen LogP contribution >= 0.6 is 0 Å². The largest absolute Gasteiger partial charge is 0.481 e. The maximum atomic E-state index is 5.07. The van der Waals surface area contributed by atoms with E-state index in [4.69, 9.17) is 4.74 Å². The fraction of sp³-hybridized carbons (Fsp3) is 0.667. The van der Waals surface area contributed by atoms with Gasteiger partial charge in [0.05, 0.1) is 7.11 Å². The molecule has 2 N–H and O–H groups in total. The van der Waals surface area contributed by atoms with E-state index in [1.54, 1.807) is 7.11 Å². The van der Waals surface area contributed by atoms with Crippen molar-refractivity contribution in [3.05, 3.63) is 12.4 Å². The molecule has 2 heterocycles. The summed E-state index contributed by atoms with van der Waals surface area (Å²) >= 11 is 0. The van der Waals surface area contributed by atoms with E-state index in [2.05, 4.69) is 27.5 Å². The standard InChI is InChI=1S/C12H20N4O/c1-12(3-5-13-6-4-12)8-14-10-7-11(17-2)16-9-15-10/h7,9,13H,3-6,8H2,1-2H3,(H,14,15,16). The molecule has 1 aromatic rings. The van der Waals surface area contributed by atoms with Crippen molar-refractivity contribution >= 4 is 5.82 Å². The van der Waals surface area contributed by atoms with Gasteiger partial charge in [-0.05, 0) is 31.3 Å². The highest BCUT2D eigenvalue weighted by molar-refractivity contribution is 5.37. The quantitative estimate of drug-likeness (QED) is 0.825. The number of anilines is 1. The first-order valence-electron chi connectivity index (χ1n) is 6.02. The van der Waals surface area contributed by atoms with E-state index in [1.165, 1.54) is 19.2 Å². The van der Waals surface area contributed by atoms with Gasteiger partial charge in [0.2, 0.25) is 5.88 Å². The zero-order chi connectivity index (χ0) is 12.1. The maximum Gasteiger partial charge on any atom is 0.218 e. The van der Waals surface area contributed by atoms with Gasteiger partial charge in [0.1, 0.15) is 12.1 Å². The minimum absolute atomic E-state index is 0.351. The average molecular weight is 236 g/mol. The Morgan fingerprint density at radius 1 is 1.41 bits per heavy atom. The second kappa shape index (κ2) is 5.31. The number of ether oxygens (including phenoxy) is 1. The molecule has 1 saturated heterocycles. The Kier molecular flexibility index (Phi) is 3.78. The molecule has 0 bridgehead atoms. The van der Waals surface area contributed by atoms with Gasteiger partial charge in [0, 0.05) is 12.6 Å². The van der Waals surface area contributed by atoms with E-state index < -0.39 is 0 Å². The Hall–Kier alpha value is -1.36. The third kappa shape index (κ3) is 3.30. The summed E-state index contributed by atoms with van der Waals surface area (Å²) in [6.07, 6.45) is 3.91. The number of hydrogen-bond acceptors (Lipinski definition) is 5. The predicted octanol–water partition coefficient (Wildman–Crippen LogP) is 1.29. The molecule has 1 aliphatic rings. The molecular formula is C12H20N4O. The monoisotopic (exact) mass is 236 g/mol. The van der Waals surface area contributed by atoms with E-state index in [-0.39, 0.29) is 0 Å². The summed E-state index contributed by atoms with van der Waals surface area (Å²) in [5, 5.41) is 6.75. The van der Waals surface area contributed by atoms with Crippen LogP contribution < -0.4 is 15.4 Å². The fourth-order valence-corrected chi connectivity index (χ4v) is 2.06. The van der Waals surface area contributed by atoms with Gasteiger partial charge in [-0.1, -0.05) is 6.92 Å². The van der Waals surface area contributed by atoms with Crippen LogP contribution in [0.2, 0.25) is 0 Å². The molecule has 2 rings (SSSR count). The molecule has 94 valence electrons. The van der Waals surface area contributed by atoms with Crippen LogP contribution in [0.4, 0.5) is 5.82 Å². The van der Waals surface area contributed by atoms with Gasteiger partial charge >= 0.3 is 0 Å². The van der Waals surface area contributed by atoms with E-state index in [9.17, 15) is 0 Å². The Labute approximate surface area is 102 Å². The lowest BCUT2D eigenvalue weighted by Crippen LogP contribution is -2.39. The van der Waals surface area contributed by atoms with Gasteiger partial charge in [-0.2, -0.15) is 0 Å². The lowest BCUT2D eigenvalue weighted by molar-refractivity contribution is 0.247. The Morgan fingerprint density at radius 2 is 2.18 bits per heavy atom. The second-order valence-corrected chi connectivity index (χ2v) is 4.86. The summed E-state index contributed by atoms with van der Waals surface area (Å²) in [6.45, 7) is 5.46. The molecule has 0 atom stereocenters. The molecule has 0 aromatic carbocycles. The molecule has 0 radical (unpaired) electrons. The molecule has 0 amide bonds. The summed E-state index contributed by atoms with van der Waals surface area (Å²) < 4.78 is 5.07. The Morgan fingerprint density at radius 3 is 2.88 bits per heavy atom. The first-order chi connectivity index (χ1) is 8.22. The number of methoxy groups -OCH3 is 1. The third-order valence-corrected chi connectivity index (χ3v) is 3.36. The molecule has 0 saturated carbocycles. The highest BCUT2D eigenvalue weighted by atomic mass is 16.5. The number of rotatable bonds is 4. The number of aromatic nitrogens is 2. The smallest absolute Gasteiger partial charge is 0.218 e. The summed E-state index contributed by atoms with van der Waals surface area (Å²) in [6, 6.07) is 1.82. The van der Waals surface area contributed by atoms with Crippen molar-refractivity contribution in [2.24, 2.45) is 5.41 Å². The van der Waals surface area contributed by atoms with Crippen molar-refractivity contribution in [2.75, 3.05) is 32.1 Å². The highest BCUT2D eigenvalue weighted by Gasteiger charge is 2.26. The van der Waals surface area contributed by atoms with E-state index in [1.807, 2.05) is 6.07 Å². The first-order valence-corrected chi connectivity index (χ1v) is 6.02. The lowest BCUT2D eigenvalue weighted by atomic mass is 9.81. The number of nitrogens with one attached hydrogen (secondary N) is 2. The number of piperidine rings is 1. The van der Waals surface area contributed by atoms with Gasteiger partial charge in [-0.3, -0.25) is 0 Å². The minimum Gasteiger partial charge on any atom is -0.481 e. The van der Waals surface area contributed by atoms with Gasteiger partial charge < -0.3 is 15.4 Å². The van der Waals surface area contributed by atoms with Crippen LogP contribution in [0.1, 0.15) is 19.8 Å². The summed E-state index contributed by atoms with van der Waals surface area (Å²) in [5.74, 6) is 1.43. The van der Waals surface area contributed by atoms with Gasteiger partial charge in [-0.15, -0.1) is 0 Å². The van der Waals surface area contributed by atoms with E-state index in [0.29, 0.717) is 11.3 Å². The maximum absolute atomic E-state index is 5.07. The topological polar surface area (TPSA) is 59.1 Å². The highest BCUT2D eigenvalue weighted by Crippen LogP contribution is 2.28.